The van der Waals surface area contributed by atoms with Gasteiger partial charge in [-0.25, -0.2) is 0 Å². The second-order valence-corrected chi connectivity index (χ2v) is 4.34. The van der Waals surface area contributed by atoms with Gasteiger partial charge in [0.1, 0.15) is 12.4 Å². The first-order valence-corrected chi connectivity index (χ1v) is 5.60. The topological polar surface area (TPSA) is 26.3 Å². The van der Waals surface area contributed by atoms with Crippen LogP contribution in [0.5, 0.6) is 5.75 Å². The molecule has 1 aromatic rings. The van der Waals surface area contributed by atoms with Crippen molar-refractivity contribution >= 4 is 5.78 Å². The van der Waals surface area contributed by atoms with Crippen LogP contribution in [0.25, 0.3) is 0 Å². The monoisotopic (exact) mass is 216 g/mol. The summed E-state index contributed by atoms with van der Waals surface area (Å²) in [5.74, 6) is 1.09. The molecular formula is C14H16O2. The fourth-order valence-electron chi connectivity index (χ4n) is 1.92. The summed E-state index contributed by atoms with van der Waals surface area (Å²) in [5.41, 5.74) is 2.98. The van der Waals surface area contributed by atoms with Gasteiger partial charge in [-0.05, 0) is 49.1 Å². The fourth-order valence-corrected chi connectivity index (χ4v) is 1.92. The highest BCUT2D eigenvalue weighted by atomic mass is 16.5. The maximum absolute atomic E-state index is 11.6. The number of ketones is 1. The average molecular weight is 216 g/mol. The molecule has 0 aliphatic heterocycles. The zero-order chi connectivity index (χ0) is 11.5. The third-order valence-corrected chi connectivity index (χ3v) is 2.71. The van der Waals surface area contributed by atoms with E-state index < -0.39 is 0 Å². The number of Topliss-reactive ketones (excluding diaryl/α,β-unsaturated/α-hetero) is 1. The van der Waals surface area contributed by atoms with Crippen molar-refractivity contribution in [1.82, 2.24) is 0 Å². The highest BCUT2D eigenvalue weighted by Crippen LogP contribution is 2.25. The van der Waals surface area contributed by atoms with Crippen LogP contribution in [-0.4, -0.2) is 12.4 Å². The van der Waals surface area contributed by atoms with Crippen molar-refractivity contribution in [3.8, 4) is 5.75 Å². The number of aryl methyl sites for hydroxylation is 1. The molecule has 0 amide bonds. The van der Waals surface area contributed by atoms with E-state index >= 15 is 0 Å². The van der Waals surface area contributed by atoms with Gasteiger partial charge in [0, 0.05) is 12.0 Å². The van der Waals surface area contributed by atoms with Crippen molar-refractivity contribution in [2.45, 2.75) is 26.2 Å². The van der Waals surface area contributed by atoms with Crippen LogP contribution in [0.2, 0.25) is 0 Å². The third kappa shape index (κ3) is 2.32. The SMILES string of the molecule is C=C(C)COc1ccc2c(c1)CCCC2=O. The standard InChI is InChI=1S/C14H16O2/c1-10(2)9-16-12-6-7-13-11(8-12)4-3-5-14(13)15/h6-8H,1,3-5,9H2,2H3. The molecule has 16 heavy (non-hydrogen) atoms. The van der Waals surface area contributed by atoms with Gasteiger partial charge in [-0.1, -0.05) is 6.58 Å². The number of ether oxygens (including phenoxy) is 1. The van der Waals surface area contributed by atoms with E-state index in [1.165, 1.54) is 0 Å². The maximum Gasteiger partial charge on any atom is 0.163 e. The van der Waals surface area contributed by atoms with Crippen molar-refractivity contribution in [1.29, 1.82) is 0 Å². The predicted molar refractivity (Wildman–Crippen MR) is 64.0 cm³/mol. The van der Waals surface area contributed by atoms with Gasteiger partial charge in [-0.15, -0.1) is 0 Å². The molecule has 1 aliphatic rings. The van der Waals surface area contributed by atoms with Gasteiger partial charge in [-0.2, -0.15) is 0 Å². The molecule has 2 rings (SSSR count). The van der Waals surface area contributed by atoms with Gasteiger partial charge < -0.3 is 4.74 Å². The summed E-state index contributed by atoms with van der Waals surface area (Å²) < 4.78 is 5.56. The molecule has 0 aromatic heterocycles. The number of carbonyl (C=O) groups excluding carboxylic acids is 1. The molecule has 0 radical (unpaired) electrons. The van der Waals surface area contributed by atoms with E-state index in [-0.39, 0.29) is 5.78 Å². The van der Waals surface area contributed by atoms with Crippen LogP contribution >= 0.6 is 0 Å². The molecule has 1 aliphatic carbocycles. The van der Waals surface area contributed by atoms with Crippen LogP contribution in [0.15, 0.2) is 30.4 Å². The van der Waals surface area contributed by atoms with Crippen molar-refractivity contribution in [2.75, 3.05) is 6.61 Å². The van der Waals surface area contributed by atoms with Crippen molar-refractivity contribution < 1.29 is 9.53 Å². The molecule has 0 spiro atoms. The first-order valence-electron chi connectivity index (χ1n) is 5.60. The Morgan fingerprint density at radius 1 is 1.44 bits per heavy atom. The normalized spacial score (nSPS) is 14.4. The Hall–Kier alpha value is -1.57. The number of fused-ring (bicyclic) bond motifs is 1. The molecule has 2 heteroatoms. The Morgan fingerprint density at radius 2 is 2.25 bits per heavy atom. The Bertz CT molecular complexity index is 432. The van der Waals surface area contributed by atoms with Gasteiger partial charge >= 0.3 is 0 Å². The van der Waals surface area contributed by atoms with Crippen LogP contribution in [-0.2, 0) is 6.42 Å². The van der Waals surface area contributed by atoms with Gasteiger partial charge in [0.05, 0.1) is 0 Å². The Morgan fingerprint density at radius 3 is 3.00 bits per heavy atom. The lowest BCUT2D eigenvalue weighted by Gasteiger charge is -2.15. The molecule has 0 bridgehead atoms. The number of hydrogen-bond acceptors (Lipinski definition) is 2. The number of hydrogen-bond donors (Lipinski definition) is 0. The smallest absolute Gasteiger partial charge is 0.163 e. The van der Waals surface area contributed by atoms with E-state index in [2.05, 4.69) is 6.58 Å². The maximum atomic E-state index is 11.6. The minimum atomic E-state index is 0.257. The van der Waals surface area contributed by atoms with E-state index in [4.69, 9.17) is 4.74 Å². The van der Waals surface area contributed by atoms with Crippen LogP contribution in [0.3, 0.4) is 0 Å². The van der Waals surface area contributed by atoms with Gasteiger partial charge in [0.2, 0.25) is 0 Å². The molecule has 0 heterocycles. The highest BCUT2D eigenvalue weighted by Gasteiger charge is 2.17. The van der Waals surface area contributed by atoms with E-state index in [1.54, 1.807) is 0 Å². The second-order valence-electron chi connectivity index (χ2n) is 4.34. The summed E-state index contributed by atoms with van der Waals surface area (Å²) >= 11 is 0. The van der Waals surface area contributed by atoms with Gasteiger partial charge in [-0.3, -0.25) is 4.79 Å². The van der Waals surface area contributed by atoms with Crippen molar-refractivity contribution in [2.24, 2.45) is 0 Å². The Labute approximate surface area is 95.9 Å². The van der Waals surface area contributed by atoms with Crippen molar-refractivity contribution in [3.63, 3.8) is 0 Å². The first-order chi connectivity index (χ1) is 7.66. The quantitative estimate of drug-likeness (QED) is 0.725. The van der Waals surface area contributed by atoms with E-state index in [0.717, 1.165) is 35.3 Å². The van der Waals surface area contributed by atoms with E-state index in [9.17, 15) is 4.79 Å². The van der Waals surface area contributed by atoms with Crippen LogP contribution in [0, 0.1) is 0 Å². The number of benzene rings is 1. The molecular weight excluding hydrogens is 200 g/mol. The van der Waals surface area contributed by atoms with Crippen molar-refractivity contribution in [3.05, 3.63) is 41.5 Å². The summed E-state index contributed by atoms with van der Waals surface area (Å²) in [6.45, 7) is 6.26. The summed E-state index contributed by atoms with van der Waals surface area (Å²) in [5, 5.41) is 0. The van der Waals surface area contributed by atoms with E-state index in [1.807, 2.05) is 25.1 Å². The molecule has 0 saturated heterocycles. The van der Waals surface area contributed by atoms with Crippen LogP contribution < -0.4 is 4.74 Å². The fraction of sp³-hybridized carbons (Fsp3) is 0.357. The Kier molecular flexibility index (Phi) is 3.09. The Balaban J connectivity index is 2.18. The first kappa shape index (κ1) is 10.9. The van der Waals surface area contributed by atoms with Gasteiger partial charge in [0.15, 0.2) is 5.78 Å². The summed E-state index contributed by atoms with van der Waals surface area (Å²) in [4.78, 5) is 11.6. The molecule has 84 valence electrons. The second kappa shape index (κ2) is 4.52. The molecule has 0 N–H and O–H groups in total. The third-order valence-electron chi connectivity index (χ3n) is 2.71. The average Bonchev–Trinajstić information content (AvgIpc) is 2.26. The minimum Gasteiger partial charge on any atom is -0.489 e. The summed E-state index contributed by atoms with van der Waals surface area (Å²) in [7, 11) is 0. The molecule has 0 saturated carbocycles. The lowest BCUT2D eigenvalue weighted by atomic mass is 9.90. The molecule has 1 aromatic carbocycles. The minimum absolute atomic E-state index is 0.257. The molecule has 0 atom stereocenters. The van der Waals surface area contributed by atoms with E-state index in [0.29, 0.717) is 13.0 Å². The van der Waals surface area contributed by atoms with Crippen LogP contribution in [0.4, 0.5) is 0 Å². The lowest BCUT2D eigenvalue weighted by molar-refractivity contribution is 0.0972. The molecule has 0 fully saturated rings. The lowest BCUT2D eigenvalue weighted by Crippen LogP contribution is -2.10. The van der Waals surface area contributed by atoms with Gasteiger partial charge in [0.25, 0.3) is 0 Å². The largest absolute Gasteiger partial charge is 0.489 e. The predicted octanol–water partition coefficient (Wildman–Crippen LogP) is 3.16. The molecule has 0 unspecified atom stereocenters. The number of rotatable bonds is 3. The molecule has 2 nitrogen and oxygen atoms in total. The van der Waals surface area contributed by atoms with Crippen LogP contribution in [0.1, 0.15) is 35.7 Å². The summed E-state index contributed by atoms with van der Waals surface area (Å²) in [6, 6.07) is 5.73. The summed E-state index contributed by atoms with van der Waals surface area (Å²) in [6.07, 6.45) is 2.61. The zero-order valence-electron chi connectivity index (χ0n) is 9.58. The highest BCUT2D eigenvalue weighted by molar-refractivity contribution is 5.98. The number of carbonyl (C=O) groups is 1. The zero-order valence-corrected chi connectivity index (χ0v) is 9.58.